The largest absolute Gasteiger partial charge is 0.378 e. The van der Waals surface area contributed by atoms with E-state index in [1.807, 2.05) is 48.5 Å². The standard InChI is InChI=1S/C28H26N8O/c1-2-4-22(5-3-1)31-24-18-21(19-26(20-24)35-14-16-37-17-15-35)27-10-11-29-28(33-27)32-23-6-8-25(9-7-23)36-13-12-30-34-36/h1-13,18-20,31H,14-17H2,(H,29,32,33). The molecule has 0 radical (unpaired) electrons. The van der Waals surface area contributed by atoms with Crippen molar-refractivity contribution >= 4 is 28.7 Å². The molecule has 0 atom stereocenters. The Hall–Kier alpha value is -4.76. The fourth-order valence-electron chi connectivity index (χ4n) is 4.28. The van der Waals surface area contributed by atoms with Crippen molar-refractivity contribution in [2.24, 2.45) is 0 Å². The number of ether oxygens (including phenoxy) is 1. The van der Waals surface area contributed by atoms with Gasteiger partial charge in [0.2, 0.25) is 5.95 Å². The number of hydrogen-bond donors (Lipinski definition) is 2. The zero-order valence-corrected chi connectivity index (χ0v) is 20.2. The summed E-state index contributed by atoms with van der Waals surface area (Å²) >= 11 is 0. The molecule has 1 aliphatic rings. The molecule has 1 aliphatic heterocycles. The van der Waals surface area contributed by atoms with Gasteiger partial charge in [-0.3, -0.25) is 0 Å². The van der Waals surface area contributed by atoms with E-state index in [-0.39, 0.29) is 0 Å². The summed E-state index contributed by atoms with van der Waals surface area (Å²) in [6.45, 7) is 3.16. The molecule has 0 saturated carbocycles. The normalized spacial score (nSPS) is 13.4. The Morgan fingerprint density at radius 3 is 2.32 bits per heavy atom. The molecular formula is C28H26N8O. The minimum atomic E-state index is 0.528. The lowest BCUT2D eigenvalue weighted by Gasteiger charge is -2.29. The van der Waals surface area contributed by atoms with Crippen LogP contribution in [0.2, 0.25) is 0 Å². The first-order valence-electron chi connectivity index (χ1n) is 12.2. The third kappa shape index (κ3) is 5.41. The molecule has 9 nitrogen and oxygen atoms in total. The van der Waals surface area contributed by atoms with E-state index in [0.717, 1.165) is 66.0 Å². The van der Waals surface area contributed by atoms with Crippen molar-refractivity contribution in [3.05, 3.63) is 97.5 Å². The van der Waals surface area contributed by atoms with Crippen LogP contribution >= 0.6 is 0 Å². The molecule has 184 valence electrons. The molecule has 5 aromatic rings. The molecule has 37 heavy (non-hydrogen) atoms. The van der Waals surface area contributed by atoms with E-state index in [2.05, 4.69) is 61.2 Å². The van der Waals surface area contributed by atoms with Gasteiger partial charge in [0.25, 0.3) is 0 Å². The van der Waals surface area contributed by atoms with Gasteiger partial charge in [-0.25, -0.2) is 14.6 Å². The summed E-state index contributed by atoms with van der Waals surface area (Å²) in [6.07, 6.45) is 5.24. The summed E-state index contributed by atoms with van der Waals surface area (Å²) in [5.74, 6) is 0.528. The summed E-state index contributed by atoms with van der Waals surface area (Å²) < 4.78 is 7.28. The van der Waals surface area contributed by atoms with Crippen molar-refractivity contribution in [1.82, 2.24) is 25.0 Å². The van der Waals surface area contributed by atoms with Crippen molar-refractivity contribution in [3.8, 4) is 16.9 Å². The summed E-state index contributed by atoms with van der Waals surface area (Å²) in [6, 6.07) is 26.5. The van der Waals surface area contributed by atoms with Gasteiger partial charge >= 0.3 is 0 Å². The van der Waals surface area contributed by atoms with Gasteiger partial charge in [0.05, 0.1) is 37.0 Å². The molecule has 0 bridgehead atoms. The number of rotatable bonds is 7. The summed E-state index contributed by atoms with van der Waals surface area (Å²) in [5, 5.41) is 14.7. The first-order chi connectivity index (χ1) is 18.3. The maximum Gasteiger partial charge on any atom is 0.227 e. The van der Waals surface area contributed by atoms with E-state index in [4.69, 9.17) is 9.72 Å². The number of para-hydroxylation sites is 1. The maximum absolute atomic E-state index is 5.57. The van der Waals surface area contributed by atoms with Crippen LogP contribution in [0.3, 0.4) is 0 Å². The Labute approximate surface area is 214 Å². The van der Waals surface area contributed by atoms with Crippen LogP contribution in [-0.2, 0) is 4.74 Å². The maximum atomic E-state index is 5.57. The quantitative estimate of drug-likeness (QED) is 0.328. The van der Waals surface area contributed by atoms with Crippen molar-refractivity contribution in [3.63, 3.8) is 0 Å². The minimum Gasteiger partial charge on any atom is -0.378 e. The van der Waals surface area contributed by atoms with Crippen molar-refractivity contribution < 1.29 is 4.74 Å². The molecule has 2 N–H and O–H groups in total. The van der Waals surface area contributed by atoms with Crippen LogP contribution in [0, 0.1) is 0 Å². The van der Waals surface area contributed by atoms with Gasteiger partial charge in [-0.1, -0.05) is 23.4 Å². The monoisotopic (exact) mass is 490 g/mol. The number of nitrogens with one attached hydrogen (secondary N) is 2. The van der Waals surface area contributed by atoms with E-state index >= 15 is 0 Å². The second-order valence-corrected chi connectivity index (χ2v) is 8.64. The van der Waals surface area contributed by atoms with Crippen LogP contribution in [0.5, 0.6) is 0 Å². The SMILES string of the molecule is c1ccc(Nc2cc(-c3ccnc(Nc4ccc(-n5ccnn5)cc4)n3)cc(N3CCOCC3)c2)cc1. The Bertz CT molecular complexity index is 1450. The molecule has 2 aromatic heterocycles. The Morgan fingerprint density at radius 1 is 0.730 bits per heavy atom. The summed E-state index contributed by atoms with van der Waals surface area (Å²) in [5.41, 5.74) is 6.83. The number of nitrogens with zero attached hydrogens (tertiary/aromatic N) is 6. The number of hydrogen-bond acceptors (Lipinski definition) is 8. The molecule has 0 aliphatic carbocycles. The second-order valence-electron chi connectivity index (χ2n) is 8.64. The fraction of sp³-hybridized carbons (Fsp3) is 0.143. The lowest BCUT2D eigenvalue weighted by molar-refractivity contribution is 0.122. The topological polar surface area (TPSA) is 93.0 Å². The van der Waals surface area contributed by atoms with Gasteiger partial charge in [-0.2, -0.15) is 0 Å². The van der Waals surface area contributed by atoms with Gasteiger partial charge in [0.15, 0.2) is 0 Å². The van der Waals surface area contributed by atoms with Gasteiger partial charge in [0, 0.05) is 47.6 Å². The van der Waals surface area contributed by atoms with Crippen LogP contribution in [0.25, 0.3) is 16.9 Å². The first-order valence-corrected chi connectivity index (χ1v) is 12.2. The van der Waals surface area contributed by atoms with Gasteiger partial charge < -0.3 is 20.3 Å². The average molecular weight is 491 g/mol. The van der Waals surface area contributed by atoms with Gasteiger partial charge in [0.1, 0.15) is 0 Å². The van der Waals surface area contributed by atoms with E-state index in [1.165, 1.54) is 0 Å². The Kier molecular flexibility index (Phi) is 6.42. The lowest BCUT2D eigenvalue weighted by Crippen LogP contribution is -2.36. The summed E-state index contributed by atoms with van der Waals surface area (Å²) in [7, 11) is 0. The van der Waals surface area contributed by atoms with E-state index in [9.17, 15) is 0 Å². The Morgan fingerprint density at radius 2 is 1.54 bits per heavy atom. The van der Waals surface area contributed by atoms with E-state index in [1.54, 1.807) is 23.3 Å². The summed E-state index contributed by atoms with van der Waals surface area (Å²) in [4.78, 5) is 11.6. The van der Waals surface area contributed by atoms with Crippen molar-refractivity contribution in [2.75, 3.05) is 41.8 Å². The third-order valence-electron chi connectivity index (χ3n) is 6.12. The number of morpholine rings is 1. The molecule has 0 unspecified atom stereocenters. The highest BCUT2D eigenvalue weighted by atomic mass is 16.5. The zero-order valence-electron chi connectivity index (χ0n) is 20.2. The minimum absolute atomic E-state index is 0.528. The van der Waals surface area contributed by atoms with Gasteiger partial charge in [-0.15, -0.1) is 5.10 Å². The molecule has 1 saturated heterocycles. The van der Waals surface area contributed by atoms with Crippen LogP contribution < -0.4 is 15.5 Å². The molecule has 0 amide bonds. The van der Waals surface area contributed by atoms with E-state index < -0.39 is 0 Å². The lowest BCUT2D eigenvalue weighted by atomic mass is 10.1. The van der Waals surface area contributed by atoms with Crippen LogP contribution in [0.1, 0.15) is 0 Å². The fourth-order valence-corrected chi connectivity index (χ4v) is 4.28. The molecule has 9 heteroatoms. The second kappa shape index (κ2) is 10.5. The molecule has 3 aromatic carbocycles. The van der Waals surface area contributed by atoms with Crippen molar-refractivity contribution in [2.45, 2.75) is 0 Å². The highest BCUT2D eigenvalue weighted by molar-refractivity contribution is 5.76. The number of anilines is 5. The molecule has 6 rings (SSSR count). The van der Waals surface area contributed by atoms with Crippen LogP contribution in [-0.4, -0.2) is 51.3 Å². The third-order valence-corrected chi connectivity index (χ3v) is 6.12. The van der Waals surface area contributed by atoms with Crippen LogP contribution in [0.15, 0.2) is 97.5 Å². The molecule has 3 heterocycles. The predicted molar refractivity (Wildman–Crippen MR) is 145 cm³/mol. The molecule has 0 spiro atoms. The Balaban J connectivity index is 1.28. The number of benzene rings is 3. The smallest absolute Gasteiger partial charge is 0.227 e. The molecule has 1 fully saturated rings. The molecular weight excluding hydrogens is 464 g/mol. The highest BCUT2D eigenvalue weighted by Gasteiger charge is 2.15. The van der Waals surface area contributed by atoms with Gasteiger partial charge in [-0.05, 0) is 60.7 Å². The number of aromatic nitrogens is 5. The highest BCUT2D eigenvalue weighted by Crippen LogP contribution is 2.31. The predicted octanol–water partition coefficient (Wildman–Crippen LogP) is 5.05. The van der Waals surface area contributed by atoms with Crippen LogP contribution in [0.4, 0.5) is 28.7 Å². The zero-order chi connectivity index (χ0) is 24.9. The van der Waals surface area contributed by atoms with Crippen molar-refractivity contribution in [1.29, 1.82) is 0 Å². The van der Waals surface area contributed by atoms with E-state index in [0.29, 0.717) is 5.95 Å². The average Bonchev–Trinajstić information content (AvgIpc) is 3.50. The first kappa shape index (κ1) is 22.7.